The summed E-state index contributed by atoms with van der Waals surface area (Å²) < 4.78 is 0. The Hall–Kier alpha value is -2.15. The third-order valence-corrected chi connectivity index (χ3v) is 3.44. The Bertz CT molecular complexity index is 555. The number of urea groups is 1. The van der Waals surface area contributed by atoms with Crippen LogP contribution in [0.5, 0.6) is 0 Å². The molecule has 0 aliphatic carbocycles. The zero-order chi connectivity index (χ0) is 17.6. The molecular weight excluding hydrogens is 298 g/mol. The van der Waals surface area contributed by atoms with Gasteiger partial charge in [0.2, 0.25) is 0 Å². The molecule has 128 valence electrons. The fourth-order valence-corrected chi connectivity index (χ4v) is 2.31. The minimum absolute atomic E-state index is 0.000891. The molecule has 0 aliphatic heterocycles. The molecule has 1 rings (SSSR count). The maximum Gasteiger partial charge on any atom is 0.317 e. The van der Waals surface area contributed by atoms with E-state index in [0.29, 0.717) is 18.5 Å². The molecule has 1 aromatic carbocycles. The molecule has 0 aromatic heterocycles. The maximum absolute atomic E-state index is 12.4. The van der Waals surface area contributed by atoms with Gasteiger partial charge in [-0.1, -0.05) is 19.1 Å². The molecule has 0 saturated carbocycles. The molecule has 0 spiro atoms. The second-order valence-electron chi connectivity index (χ2n) is 6.09. The van der Waals surface area contributed by atoms with Crippen LogP contribution in [0.4, 0.5) is 10.5 Å². The van der Waals surface area contributed by atoms with E-state index in [9.17, 15) is 20.0 Å². The first-order chi connectivity index (χ1) is 10.7. The number of amides is 2. The molecule has 1 aromatic rings. The summed E-state index contributed by atoms with van der Waals surface area (Å²) in [7, 11) is 0. The highest BCUT2D eigenvalue weighted by Crippen LogP contribution is 2.22. The normalized spacial score (nSPS) is 12.6. The van der Waals surface area contributed by atoms with Gasteiger partial charge in [0, 0.05) is 18.7 Å². The van der Waals surface area contributed by atoms with Crippen LogP contribution < -0.4 is 5.32 Å². The second-order valence-corrected chi connectivity index (χ2v) is 6.09. The molecule has 0 saturated heterocycles. The van der Waals surface area contributed by atoms with Gasteiger partial charge in [-0.15, -0.1) is 0 Å². The third-order valence-electron chi connectivity index (χ3n) is 3.44. The number of non-ortho nitro benzene ring substituents is 1. The monoisotopic (exact) mass is 323 g/mol. The van der Waals surface area contributed by atoms with E-state index in [1.54, 1.807) is 26.0 Å². The van der Waals surface area contributed by atoms with Crippen LogP contribution in [0, 0.1) is 10.1 Å². The first-order valence-electron chi connectivity index (χ1n) is 7.70. The van der Waals surface area contributed by atoms with Crippen molar-refractivity contribution in [3.63, 3.8) is 0 Å². The molecule has 0 heterocycles. The van der Waals surface area contributed by atoms with Gasteiger partial charge >= 0.3 is 6.03 Å². The van der Waals surface area contributed by atoms with Crippen molar-refractivity contribution in [2.75, 3.05) is 13.1 Å². The van der Waals surface area contributed by atoms with Gasteiger partial charge in [0.15, 0.2) is 0 Å². The van der Waals surface area contributed by atoms with E-state index in [1.165, 1.54) is 17.0 Å². The molecule has 0 radical (unpaired) electrons. The molecule has 0 aliphatic rings. The van der Waals surface area contributed by atoms with Crippen LogP contribution >= 0.6 is 0 Å². The molecule has 2 N–H and O–H groups in total. The number of hydrogen-bond donors (Lipinski definition) is 2. The molecular formula is C16H25N3O4. The number of nitrogens with zero attached hydrogens (tertiary/aromatic N) is 2. The Morgan fingerprint density at radius 2 is 2.09 bits per heavy atom. The van der Waals surface area contributed by atoms with E-state index in [0.717, 1.165) is 0 Å². The van der Waals surface area contributed by atoms with Crippen molar-refractivity contribution in [1.29, 1.82) is 0 Å². The van der Waals surface area contributed by atoms with Crippen molar-refractivity contribution in [1.82, 2.24) is 10.2 Å². The van der Waals surface area contributed by atoms with Gasteiger partial charge in [-0.2, -0.15) is 0 Å². The van der Waals surface area contributed by atoms with E-state index >= 15 is 0 Å². The molecule has 2 amide bonds. The highest BCUT2D eigenvalue weighted by atomic mass is 16.6. The molecule has 23 heavy (non-hydrogen) atoms. The quantitative estimate of drug-likeness (QED) is 0.595. The SMILES string of the molecule is CCC(NC(=O)N(CC)CC(C)(C)O)c1cccc([N+](=O)[O-])c1. The average molecular weight is 323 g/mol. The Morgan fingerprint density at radius 1 is 1.43 bits per heavy atom. The molecule has 0 bridgehead atoms. The number of carbonyl (C=O) groups is 1. The predicted octanol–water partition coefficient (Wildman–Crippen LogP) is 2.85. The Balaban J connectivity index is 2.88. The van der Waals surface area contributed by atoms with Gasteiger partial charge in [-0.05, 0) is 32.8 Å². The minimum atomic E-state index is -0.986. The Labute approximate surface area is 136 Å². The lowest BCUT2D eigenvalue weighted by molar-refractivity contribution is -0.384. The second kappa shape index (κ2) is 7.92. The lowest BCUT2D eigenvalue weighted by Crippen LogP contribution is -2.47. The van der Waals surface area contributed by atoms with E-state index < -0.39 is 10.5 Å². The Morgan fingerprint density at radius 3 is 2.57 bits per heavy atom. The molecule has 0 fully saturated rings. The first kappa shape index (κ1) is 18.9. The number of hydrogen-bond acceptors (Lipinski definition) is 4. The summed E-state index contributed by atoms with van der Waals surface area (Å²) in [5.41, 5.74) is -0.297. The van der Waals surface area contributed by atoms with Gasteiger partial charge in [0.25, 0.3) is 5.69 Å². The lowest BCUT2D eigenvalue weighted by Gasteiger charge is -2.30. The number of nitrogens with one attached hydrogen (secondary N) is 1. The Kier molecular flexibility index (Phi) is 6.50. The van der Waals surface area contributed by atoms with E-state index in [1.807, 2.05) is 13.8 Å². The van der Waals surface area contributed by atoms with Crippen molar-refractivity contribution in [2.24, 2.45) is 0 Å². The van der Waals surface area contributed by atoms with E-state index in [2.05, 4.69) is 5.32 Å². The van der Waals surface area contributed by atoms with Crippen LogP contribution in [-0.2, 0) is 0 Å². The number of benzene rings is 1. The predicted molar refractivity (Wildman–Crippen MR) is 88.2 cm³/mol. The van der Waals surface area contributed by atoms with Crippen molar-refractivity contribution in [2.45, 2.75) is 45.8 Å². The fraction of sp³-hybridized carbons (Fsp3) is 0.562. The number of likely N-dealkylation sites (N-methyl/N-ethyl adjacent to an activating group) is 1. The van der Waals surface area contributed by atoms with Gasteiger partial charge in [0.05, 0.1) is 23.1 Å². The zero-order valence-corrected chi connectivity index (χ0v) is 14.1. The van der Waals surface area contributed by atoms with Gasteiger partial charge < -0.3 is 15.3 Å². The van der Waals surface area contributed by atoms with Crippen molar-refractivity contribution in [3.05, 3.63) is 39.9 Å². The number of nitro benzene ring substituents is 1. The number of carbonyl (C=O) groups excluding carboxylic acids is 1. The topological polar surface area (TPSA) is 95.7 Å². The summed E-state index contributed by atoms with van der Waals surface area (Å²) in [6.07, 6.45) is 0.604. The summed E-state index contributed by atoms with van der Waals surface area (Å²) in [6.45, 7) is 7.68. The van der Waals surface area contributed by atoms with Crippen LogP contribution in [0.3, 0.4) is 0 Å². The van der Waals surface area contributed by atoms with Gasteiger partial charge in [0.1, 0.15) is 0 Å². The largest absolute Gasteiger partial charge is 0.389 e. The van der Waals surface area contributed by atoms with Crippen LogP contribution in [0.15, 0.2) is 24.3 Å². The number of rotatable bonds is 7. The van der Waals surface area contributed by atoms with E-state index in [4.69, 9.17) is 0 Å². The molecule has 7 heteroatoms. The summed E-state index contributed by atoms with van der Waals surface area (Å²) in [4.78, 5) is 24.3. The summed E-state index contributed by atoms with van der Waals surface area (Å²) in [5, 5.41) is 23.6. The number of aliphatic hydroxyl groups is 1. The van der Waals surface area contributed by atoms with E-state index in [-0.39, 0.29) is 24.3 Å². The first-order valence-corrected chi connectivity index (χ1v) is 7.70. The molecule has 1 unspecified atom stereocenters. The maximum atomic E-state index is 12.4. The highest BCUT2D eigenvalue weighted by molar-refractivity contribution is 5.74. The fourth-order valence-electron chi connectivity index (χ4n) is 2.31. The van der Waals surface area contributed by atoms with Crippen molar-refractivity contribution >= 4 is 11.7 Å². The summed E-state index contributed by atoms with van der Waals surface area (Å²) in [6, 6.07) is 5.64. The van der Waals surface area contributed by atoms with Crippen molar-refractivity contribution < 1.29 is 14.8 Å². The van der Waals surface area contributed by atoms with Gasteiger partial charge in [-0.3, -0.25) is 10.1 Å². The molecule has 1 atom stereocenters. The zero-order valence-electron chi connectivity index (χ0n) is 14.1. The standard InChI is InChI=1S/C16H25N3O4/c1-5-14(12-8-7-9-13(10-12)19(22)23)17-15(20)18(6-2)11-16(3,4)21/h7-10,14,21H,5-6,11H2,1-4H3,(H,17,20). The van der Waals surface area contributed by atoms with Crippen molar-refractivity contribution in [3.8, 4) is 0 Å². The average Bonchev–Trinajstić information content (AvgIpc) is 2.49. The minimum Gasteiger partial charge on any atom is -0.389 e. The van der Waals surface area contributed by atoms with Crippen LogP contribution in [0.1, 0.15) is 45.7 Å². The smallest absolute Gasteiger partial charge is 0.317 e. The lowest BCUT2D eigenvalue weighted by atomic mass is 10.0. The summed E-state index contributed by atoms with van der Waals surface area (Å²) in [5.74, 6) is 0. The van der Waals surface area contributed by atoms with Crippen LogP contribution in [0.2, 0.25) is 0 Å². The highest BCUT2D eigenvalue weighted by Gasteiger charge is 2.23. The van der Waals surface area contributed by atoms with Crippen LogP contribution in [0.25, 0.3) is 0 Å². The summed E-state index contributed by atoms with van der Waals surface area (Å²) >= 11 is 0. The number of nitro groups is 1. The van der Waals surface area contributed by atoms with Gasteiger partial charge in [-0.25, -0.2) is 4.79 Å². The van der Waals surface area contributed by atoms with Crippen LogP contribution in [-0.4, -0.2) is 39.7 Å². The third kappa shape index (κ3) is 5.86. The molecule has 7 nitrogen and oxygen atoms in total.